The summed E-state index contributed by atoms with van der Waals surface area (Å²) in [6, 6.07) is 5.54. The van der Waals surface area contributed by atoms with E-state index in [9.17, 15) is 8.42 Å². The number of anilines is 1. The highest BCUT2D eigenvalue weighted by Gasteiger charge is 2.31. The first-order chi connectivity index (χ1) is 17.5. The predicted octanol–water partition coefficient (Wildman–Crippen LogP) is 4.67. The minimum atomic E-state index is -3.74. The number of hydrogen-bond acceptors (Lipinski definition) is 6. The molecule has 0 saturated carbocycles. The highest BCUT2D eigenvalue weighted by Crippen LogP contribution is 2.33. The van der Waals surface area contributed by atoms with Crippen LogP contribution in [0.4, 0.5) is 5.69 Å². The van der Waals surface area contributed by atoms with Crippen molar-refractivity contribution in [3.05, 3.63) is 59.3 Å². The van der Waals surface area contributed by atoms with Crippen LogP contribution in [-0.4, -0.2) is 58.5 Å². The maximum Gasteiger partial charge on any atom is 0.264 e. The topological polar surface area (TPSA) is 71.4 Å². The third kappa shape index (κ3) is 5.61. The number of rotatable bonds is 8. The van der Waals surface area contributed by atoms with Crippen LogP contribution in [0.2, 0.25) is 0 Å². The maximum absolute atomic E-state index is 14.1. The molecule has 0 aromatic heterocycles. The zero-order chi connectivity index (χ0) is 25.0. The van der Waals surface area contributed by atoms with Crippen molar-refractivity contribution in [2.75, 3.05) is 44.5 Å². The Morgan fingerprint density at radius 2 is 1.86 bits per heavy atom. The first-order valence-corrected chi connectivity index (χ1v) is 14.7. The highest BCUT2D eigenvalue weighted by molar-refractivity contribution is 7.89. The van der Waals surface area contributed by atoms with Crippen molar-refractivity contribution < 1.29 is 17.9 Å². The van der Waals surface area contributed by atoms with Crippen LogP contribution in [0.5, 0.6) is 0 Å². The minimum absolute atomic E-state index is 0.197. The van der Waals surface area contributed by atoms with Crippen molar-refractivity contribution in [3.63, 3.8) is 0 Å². The molecule has 1 aliphatic carbocycles. The number of ether oxygens (including phenoxy) is 2. The zero-order valence-electron chi connectivity index (χ0n) is 21.1. The second-order valence-corrected chi connectivity index (χ2v) is 11.9. The first kappa shape index (κ1) is 25.2. The standard InChI is InChI=1S/C28H37N3O4S/c1-2-22-4-3-5-26(7-6-22)31(20-24-13-17-35-21-24)36(32,33)27-8-9-28-25(18-27)10-14-29-30(28)19-23-11-15-34-16-12-23/h3-4,6-9,14,18,23-24H,2,5,10-13,15-17,19-21H2,1H3. The molecule has 36 heavy (non-hydrogen) atoms. The largest absolute Gasteiger partial charge is 0.381 e. The Balaban J connectivity index is 1.43. The van der Waals surface area contributed by atoms with Crippen molar-refractivity contribution in [1.82, 2.24) is 4.31 Å². The van der Waals surface area contributed by atoms with Gasteiger partial charge in [0.15, 0.2) is 0 Å². The number of nitrogens with zero attached hydrogens (tertiary/aromatic N) is 3. The molecule has 0 N–H and O–H groups in total. The lowest BCUT2D eigenvalue weighted by atomic mass is 9.99. The molecule has 1 aromatic carbocycles. The minimum Gasteiger partial charge on any atom is -0.381 e. The first-order valence-electron chi connectivity index (χ1n) is 13.2. The van der Waals surface area contributed by atoms with Gasteiger partial charge in [-0.05, 0) is 67.0 Å². The molecular weight excluding hydrogens is 474 g/mol. The molecule has 8 heteroatoms. The van der Waals surface area contributed by atoms with Crippen LogP contribution in [0.3, 0.4) is 0 Å². The summed E-state index contributed by atoms with van der Waals surface area (Å²) < 4.78 is 40.9. The van der Waals surface area contributed by atoms with E-state index in [4.69, 9.17) is 9.47 Å². The Morgan fingerprint density at radius 3 is 2.64 bits per heavy atom. The molecule has 0 bridgehead atoms. The lowest BCUT2D eigenvalue weighted by molar-refractivity contribution is 0.0682. The summed E-state index contributed by atoms with van der Waals surface area (Å²) in [5.74, 6) is 0.730. The van der Waals surface area contributed by atoms with Crippen LogP contribution in [0.15, 0.2) is 63.8 Å². The van der Waals surface area contributed by atoms with E-state index in [1.165, 1.54) is 5.57 Å². The van der Waals surface area contributed by atoms with Gasteiger partial charge in [-0.2, -0.15) is 5.10 Å². The lowest BCUT2D eigenvalue weighted by Crippen LogP contribution is -2.35. The van der Waals surface area contributed by atoms with Gasteiger partial charge in [0.1, 0.15) is 0 Å². The smallest absolute Gasteiger partial charge is 0.264 e. The van der Waals surface area contributed by atoms with E-state index in [0.717, 1.165) is 62.4 Å². The molecule has 5 rings (SSSR count). The third-order valence-electron chi connectivity index (χ3n) is 7.55. The van der Waals surface area contributed by atoms with Crippen LogP contribution in [-0.2, 0) is 25.9 Å². The molecule has 1 aromatic rings. The molecule has 194 valence electrons. The van der Waals surface area contributed by atoms with Crippen LogP contribution >= 0.6 is 0 Å². The van der Waals surface area contributed by atoms with Crippen LogP contribution in [0.25, 0.3) is 0 Å². The summed E-state index contributed by atoms with van der Waals surface area (Å²) in [6.07, 6.45) is 15.2. The molecule has 4 aliphatic rings. The van der Waals surface area contributed by atoms with Crippen molar-refractivity contribution in [3.8, 4) is 0 Å². The number of hydrazone groups is 1. The van der Waals surface area contributed by atoms with Gasteiger partial charge in [0.05, 0.1) is 17.2 Å². The van der Waals surface area contributed by atoms with Crippen molar-refractivity contribution in [2.24, 2.45) is 16.9 Å². The van der Waals surface area contributed by atoms with E-state index in [1.54, 1.807) is 10.4 Å². The monoisotopic (exact) mass is 511 g/mol. The average molecular weight is 512 g/mol. The summed E-state index contributed by atoms with van der Waals surface area (Å²) in [6.45, 7) is 6.28. The number of fused-ring (bicyclic) bond motifs is 1. The second-order valence-electron chi connectivity index (χ2n) is 10.1. The Morgan fingerprint density at radius 1 is 1.06 bits per heavy atom. The molecule has 7 nitrogen and oxygen atoms in total. The van der Waals surface area contributed by atoms with Gasteiger partial charge >= 0.3 is 0 Å². The van der Waals surface area contributed by atoms with Gasteiger partial charge in [0, 0.05) is 63.6 Å². The number of hydrogen-bond donors (Lipinski definition) is 0. The van der Waals surface area contributed by atoms with Crippen LogP contribution in [0, 0.1) is 11.8 Å². The van der Waals surface area contributed by atoms with E-state index >= 15 is 0 Å². The number of sulfonamides is 1. The summed E-state index contributed by atoms with van der Waals surface area (Å²) in [5, 5.41) is 6.67. The van der Waals surface area contributed by atoms with Gasteiger partial charge in [0.25, 0.3) is 10.0 Å². The molecule has 2 saturated heterocycles. The lowest BCUT2D eigenvalue weighted by Gasteiger charge is -2.32. The van der Waals surface area contributed by atoms with Gasteiger partial charge < -0.3 is 9.47 Å². The molecule has 0 amide bonds. The zero-order valence-corrected chi connectivity index (χ0v) is 22.0. The fourth-order valence-corrected chi connectivity index (χ4v) is 6.93. The van der Waals surface area contributed by atoms with Gasteiger partial charge in [0.2, 0.25) is 0 Å². The molecule has 3 heterocycles. The van der Waals surface area contributed by atoms with Gasteiger partial charge in [-0.25, -0.2) is 8.42 Å². The van der Waals surface area contributed by atoms with Gasteiger partial charge in [-0.15, -0.1) is 0 Å². The summed E-state index contributed by atoms with van der Waals surface area (Å²) in [4.78, 5) is 0.343. The Hall–Kier alpha value is -2.42. The summed E-state index contributed by atoms with van der Waals surface area (Å²) >= 11 is 0. The third-order valence-corrected chi connectivity index (χ3v) is 9.36. The Labute approximate surface area is 215 Å². The van der Waals surface area contributed by atoms with E-state index < -0.39 is 10.0 Å². The molecule has 0 spiro atoms. The van der Waals surface area contributed by atoms with Gasteiger partial charge in [-0.1, -0.05) is 25.2 Å². The van der Waals surface area contributed by atoms with E-state index in [2.05, 4.69) is 24.2 Å². The summed E-state index contributed by atoms with van der Waals surface area (Å²) in [5.41, 5.74) is 4.02. The molecule has 3 aliphatic heterocycles. The van der Waals surface area contributed by atoms with Gasteiger partial charge in [-0.3, -0.25) is 9.31 Å². The van der Waals surface area contributed by atoms with E-state index in [0.29, 0.717) is 43.4 Å². The van der Waals surface area contributed by atoms with E-state index in [1.807, 2.05) is 35.5 Å². The Kier molecular flexibility index (Phi) is 7.93. The van der Waals surface area contributed by atoms with Crippen LogP contribution < -0.4 is 5.01 Å². The molecule has 2 fully saturated rings. The second kappa shape index (κ2) is 11.3. The molecular formula is C28H37N3O4S. The quantitative estimate of drug-likeness (QED) is 0.507. The fourth-order valence-electron chi connectivity index (χ4n) is 5.29. The summed E-state index contributed by atoms with van der Waals surface area (Å²) in [7, 11) is -3.74. The molecule has 1 atom stereocenters. The maximum atomic E-state index is 14.1. The highest BCUT2D eigenvalue weighted by atomic mass is 32.2. The van der Waals surface area contributed by atoms with E-state index in [-0.39, 0.29) is 5.92 Å². The molecule has 1 unspecified atom stereocenters. The fraction of sp³-hybridized carbons (Fsp3) is 0.536. The number of allylic oxidation sites excluding steroid dienone is 5. The number of benzene rings is 1. The van der Waals surface area contributed by atoms with Crippen molar-refractivity contribution >= 4 is 21.9 Å². The molecule has 0 radical (unpaired) electrons. The average Bonchev–Trinajstić information content (AvgIpc) is 3.31. The SMILES string of the molecule is CCC1=CC=C(N(CC2CCOC2)S(=O)(=O)c2ccc3c(c2)CC=NN3CC2CCOCC2)CC=C1. The predicted molar refractivity (Wildman–Crippen MR) is 143 cm³/mol. The van der Waals surface area contributed by atoms with Crippen molar-refractivity contribution in [1.29, 1.82) is 0 Å². The van der Waals surface area contributed by atoms with Crippen molar-refractivity contribution in [2.45, 2.75) is 50.3 Å². The van der Waals surface area contributed by atoms with Crippen LogP contribution in [0.1, 0.15) is 44.6 Å². The normalized spacial score (nSPS) is 22.7. The Bertz CT molecular complexity index is 1160.